The van der Waals surface area contributed by atoms with Crippen molar-refractivity contribution in [2.75, 3.05) is 0 Å². The van der Waals surface area contributed by atoms with Gasteiger partial charge in [0, 0.05) is 11.6 Å². The summed E-state index contributed by atoms with van der Waals surface area (Å²) in [6, 6.07) is 20.2. The van der Waals surface area contributed by atoms with Gasteiger partial charge in [0.25, 0.3) is 5.89 Å². The highest BCUT2D eigenvalue weighted by Gasteiger charge is 2.12. The van der Waals surface area contributed by atoms with Gasteiger partial charge in [-0.05, 0) is 48.0 Å². The van der Waals surface area contributed by atoms with Crippen LogP contribution in [0.15, 0.2) is 86.7 Å². The molecular formula is C25H15N3O5. The first kappa shape index (κ1) is 20.0. The summed E-state index contributed by atoms with van der Waals surface area (Å²) in [7, 11) is 0. The Kier molecular flexibility index (Phi) is 5.05. The van der Waals surface area contributed by atoms with Crippen molar-refractivity contribution in [3.8, 4) is 40.1 Å². The number of aromatic hydroxyl groups is 1. The van der Waals surface area contributed by atoms with Gasteiger partial charge in [-0.25, -0.2) is 0 Å². The van der Waals surface area contributed by atoms with Crippen LogP contribution in [0.2, 0.25) is 0 Å². The summed E-state index contributed by atoms with van der Waals surface area (Å²) in [4.78, 5) is 17.2. The van der Waals surface area contributed by atoms with Crippen LogP contribution in [0.1, 0.15) is 11.4 Å². The molecule has 3 aromatic carbocycles. The van der Waals surface area contributed by atoms with Gasteiger partial charge in [0.05, 0.1) is 22.6 Å². The molecule has 2 aromatic heterocycles. The van der Waals surface area contributed by atoms with Gasteiger partial charge in [0.15, 0.2) is 12.0 Å². The van der Waals surface area contributed by atoms with E-state index in [0.29, 0.717) is 44.8 Å². The maximum absolute atomic E-state index is 12.9. The highest BCUT2D eigenvalue weighted by atomic mass is 16.5. The molecule has 0 saturated carbocycles. The third kappa shape index (κ3) is 4.03. The van der Waals surface area contributed by atoms with E-state index in [1.165, 1.54) is 18.4 Å². The minimum absolute atomic E-state index is 0.0444. The standard InChI is InChI=1S/C25H15N3O5/c26-12-15-2-1-3-17(10-15)25-27-23(28-33-25)14-31-19-8-9-20-22(11-19)32-13-21(24(20)30)16-4-6-18(29)7-5-16/h1-11,13,29H,14H2. The average Bonchev–Trinajstić information content (AvgIpc) is 3.33. The van der Waals surface area contributed by atoms with Gasteiger partial charge in [0.2, 0.25) is 5.82 Å². The Hall–Kier alpha value is -4.90. The quantitative estimate of drug-likeness (QED) is 0.421. The van der Waals surface area contributed by atoms with E-state index in [-0.39, 0.29) is 23.7 Å². The lowest BCUT2D eigenvalue weighted by molar-refractivity contribution is 0.287. The molecule has 8 nitrogen and oxygen atoms in total. The number of benzene rings is 3. The number of hydrogen-bond acceptors (Lipinski definition) is 8. The maximum Gasteiger partial charge on any atom is 0.258 e. The molecule has 1 N–H and O–H groups in total. The molecular weight excluding hydrogens is 422 g/mol. The lowest BCUT2D eigenvalue weighted by Crippen LogP contribution is -2.05. The molecule has 0 aliphatic heterocycles. The van der Waals surface area contributed by atoms with Crippen molar-refractivity contribution in [2.45, 2.75) is 6.61 Å². The molecule has 8 heteroatoms. The van der Waals surface area contributed by atoms with E-state index in [0.717, 1.165) is 0 Å². The number of nitrogens with zero attached hydrogens (tertiary/aromatic N) is 3. The summed E-state index contributed by atoms with van der Waals surface area (Å²) < 4.78 is 16.7. The summed E-state index contributed by atoms with van der Waals surface area (Å²) in [6.07, 6.45) is 1.39. The van der Waals surface area contributed by atoms with Crippen LogP contribution in [0.3, 0.4) is 0 Å². The smallest absolute Gasteiger partial charge is 0.258 e. The molecule has 0 radical (unpaired) electrons. The summed E-state index contributed by atoms with van der Waals surface area (Å²) in [6.45, 7) is 0.0444. The van der Waals surface area contributed by atoms with E-state index >= 15 is 0 Å². The van der Waals surface area contributed by atoms with Gasteiger partial charge in [0.1, 0.15) is 23.3 Å². The number of phenols is 1. The molecule has 5 rings (SSSR count). The largest absolute Gasteiger partial charge is 0.508 e. The zero-order valence-corrected chi connectivity index (χ0v) is 17.1. The van der Waals surface area contributed by atoms with E-state index in [9.17, 15) is 9.90 Å². The van der Waals surface area contributed by atoms with Crippen LogP contribution in [0.4, 0.5) is 0 Å². The van der Waals surface area contributed by atoms with E-state index in [4.69, 9.17) is 18.9 Å². The summed E-state index contributed by atoms with van der Waals surface area (Å²) in [5, 5.41) is 22.8. The minimum atomic E-state index is -0.184. The first-order valence-corrected chi connectivity index (χ1v) is 9.91. The number of aromatic nitrogens is 2. The molecule has 33 heavy (non-hydrogen) atoms. The number of phenolic OH excluding ortho intramolecular Hbond substituents is 1. The fraction of sp³-hybridized carbons (Fsp3) is 0.0400. The average molecular weight is 437 g/mol. The maximum atomic E-state index is 12.9. The minimum Gasteiger partial charge on any atom is -0.508 e. The molecule has 0 fully saturated rings. The predicted molar refractivity (Wildman–Crippen MR) is 118 cm³/mol. The molecule has 0 saturated heterocycles. The lowest BCUT2D eigenvalue weighted by Gasteiger charge is -2.06. The molecule has 0 aliphatic carbocycles. The fourth-order valence-electron chi connectivity index (χ4n) is 3.34. The highest BCUT2D eigenvalue weighted by molar-refractivity contribution is 5.82. The third-order valence-electron chi connectivity index (χ3n) is 5.00. The van der Waals surface area contributed by atoms with Crippen molar-refractivity contribution >= 4 is 11.0 Å². The van der Waals surface area contributed by atoms with Gasteiger partial charge in [-0.1, -0.05) is 23.4 Å². The van der Waals surface area contributed by atoms with Crippen molar-refractivity contribution in [2.24, 2.45) is 0 Å². The van der Waals surface area contributed by atoms with Gasteiger partial charge in [-0.2, -0.15) is 10.2 Å². The van der Waals surface area contributed by atoms with Crippen LogP contribution in [-0.4, -0.2) is 15.2 Å². The van der Waals surface area contributed by atoms with Gasteiger partial charge >= 0.3 is 0 Å². The number of fused-ring (bicyclic) bond motifs is 1. The molecule has 0 aliphatic rings. The highest BCUT2D eigenvalue weighted by Crippen LogP contribution is 2.25. The van der Waals surface area contributed by atoms with E-state index in [1.54, 1.807) is 54.6 Å². The molecule has 0 spiro atoms. The molecule has 0 atom stereocenters. The molecule has 160 valence electrons. The van der Waals surface area contributed by atoms with E-state index in [1.807, 2.05) is 0 Å². The Morgan fingerprint density at radius 3 is 2.70 bits per heavy atom. The van der Waals surface area contributed by atoms with Crippen molar-refractivity contribution in [3.05, 3.63) is 94.6 Å². The van der Waals surface area contributed by atoms with Crippen molar-refractivity contribution in [1.29, 1.82) is 5.26 Å². The number of ether oxygens (including phenoxy) is 1. The fourth-order valence-corrected chi connectivity index (χ4v) is 3.34. The molecule has 2 heterocycles. The van der Waals surface area contributed by atoms with Crippen LogP contribution in [0, 0.1) is 11.3 Å². The van der Waals surface area contributed by atoms with Crippen molar-refractivity contribution in [1.82, 2.24) is 10.1 Å². The Balaban J connectivity index is 1.34. The zero-order chi connectivity index (χ0) is 22.8. The predicted octanol–water partition coefficient (Wildman–Crippen LogP) is 4.67. The summed E-state index contributed by atoms with van der Waals surface area (Å²) in [5.41, 5.74) is 2.38. The first-order chi connectivity index (χ1) is 16.1. The summed E-state index contributed by atoms with van der Waals surface area (Å²) >= 11 is 0. The number of nitriles is 1. The van der Waals surface area contributed by atoms with Crippen molar-refractivity contribution in [3.63, 3.8) is 0 Å². The molecule has 0 unspecified atom stereocenters. The zero-order valence-electron chi connectivity index (χ0n) is 17.1. The Morgan fingerprint density at radius 1 is 1.03 bits per heavy atom. The topological polar surface area (TPSA) is 122 Å². The van der Waals surface area contributed by atoms with Crippen LogP contribution >= 0.6 is 0 Å². The van der Waals surface area contributed by atoms with E-state index in [2.05, 4.69) is 16.2 Å². The Morgan fingerprint density at radius 2 is 1.88 bits per heavy atom. The first-order valence-electron chi connectivity index (χ1n) is 9.91. The monoisotopic (exact) mass is 437 g/mol. The van der Waals surface area contributed by atoms with E-state index < -0.39 is 0 Å². The van der Waals surface area contributed by atoms with Crippen LogP contribution in [0.5, 0.6) is 11.5 Å². The third-order valence-corrected chi connectivity index (χ3v) is 5.00. The van der Waals surface area contributed by atoms with Crippen LogP contribution in [-0.2, 0) is 6.61 Å². The second-order valence-corrected chi connectivity index (χ2v) is 7.18. The second-order valence-electron chi connectivity index (χ2n) is 7.18. The molecule has 0 bridgehead atoms. The lowest BCUT2D eigenvalue weighted by atomic mass is 10.1. The number of rotatable bonds is 5. The van der Waals surface area contributed by atoms with Crippen LogP contribution in [0.25, 0.3) is 33.6 Å². The molecule has 0 amide bonds. The van der Waals surface area contributed by atoms with Gasteiger partial charge in [-0.3, -0.25) is 4.79 Å². The van der Waals surface area contributed by atoms with Gasteiger partial charge in [-0.15, -0.1) is 0 Å². The van der Waals surface area contributed by atoms with Crippen molar-refractivity contribution < 1.29 is 18.8 Å². The van der Waals surface area contributed by atoms with Crippen LogP contribution < -0.4 is 10.2 Å². The second kappa shape index (κ2) is 8.32. The Bertz CT molecular complexity index is 1560. The SMILES string of the molecule is N#Cc1cccc(-c2nc(COc3ccc4c(=O)c(-c5ccc(O)cc5)coc4c3)no2)c1. The normalized spacial score (nSPS) is 10.8. The molecule has 5 aromatic rings. The van der Waals surface area contributed by atoms with Gasteiger partial charge < -0.3 is 18.8 Å². The number of hydrogen-bond donors (Lipinski definition) is 1. The summed E-state index contributed by atoms with van der Waals surface area (Å²) in [5.74, 6) is 1.21. The Labute approximate surface area is 186 Å².